The molecule has 2 aromatic heterocycles. The van der Waals surface area contributed by atoms with E-state index >= 15 is 0 Å². The first kappa shape index (κ1) is 13.4. The van der Waals surface area contributed by atoms with Gasteiger partial charge in [-0.3, -0.25) is 4.79 Å². The number of aromatic amines is 1. The maximum atomic E-state index is 12.0. The van der Waals surface area contributed by atoms with Crippen molar-refractivity contribution in [2.45, 2.75) is 13.8 Å². The third-order valence-electron chi connectivity index (χ3n) is 3.64. The van der Waals surface area contributed by atoms with Gasteiger partial charge in [0.05, 0.1) is 23.9 Å². The minimum Gasteiger partial charge on any atom is -0.496 e. The van der Waals surface area contributed by atoms with Crippen LogP contribution in [0.15, 0.2) is 41.3 Å². The van der Waals surface area contributed by atoms with Gasteiger partial charge in [-0.1, -0.05) is 6.07 Å². The van der Waals surface area contributed by atoms with E-state index in [1.54, 1.807) is 25.4 Å². The lowest BCUT2D eigenvalue weighted by Crippen LogP contribution is -2.08. The largest absolute Gasteiger partial charge is 0.496 e. The zero-order valence-corrected chi connectivity index (χ0v) is 12.2. The van der Waals surface area contributed by atoms with Crippen LogP contribution in [0.1, 0.15) is 11.1 Å². The topological polar surface area (TPSA) is 55.0 Å². The van der Waals surface area contributed by atoms with E-state index in [4.69, 9.17) is 4.74 Å². The van der Waals surface area contributed by atoms with Gasteiger partial charge in [0, 0.05) is 11.6 Å². The fourth-order valence-corrected chi connectivity index (χ4v) is 2.56. The number of ether oxygens (including phenoxy) is 1. The van der Waals surface area contributed by atoms with Crippen LogP contribution in [0, 0.1) is 13.8 Å². The van der Waals surface area contributed by atoms with Gasteiger partial charge in [0.15, 0.2) is 0 Å². The lowest BCUT2D eigenvalue weighted by molar-refractivity contribution is 0.419. The second-order valence-electron chi connectivity index (χ2n) is 5.05. The molecule has 106 valence electrons. The van der Waals surface area contributed by atoms with Gasteiger partial charge in [0.25, 0.3) is 5.56 Å². The van der Waals surface area contributed by atoms with Gasteiger partial charge in [-0.05, 0) is 49.2 Å². The maximum absolute atomic E-state index is 12.0. The molecule has 0 saturated carbocycles. The second-order valence-corrected chi connectivity index (χ2v) is 5.05. The fraction of sp³-hybridized carbons (Fsp3) is 0.176. The van der Waals surface area contributed by atoms with Crippen molar-refractivity contribution < 1.29 is 4.74 Å². The summed E-state index contributed by atoms with van der Waals surface area (Å²) in [6.45, 7) is 4.01. The minimum absolute atomic E-state index is 0.135. The molecule has 0 atom stereocenters. The van der Waals surface area contributed by atoms with Crippen LogP contribution in [0.25, 0.3) is 22.2 Å². The summed E-state index contributed by atoms with van der Waals surface area (Å²) in [5.74, 6) is 0.800. The summed E-state index contributed by atoms with van der Waals surface area (Å²) in [6.07, 6.45) is 1.62. The number of pyridine rings is 2. The molecule has 0 aliphatic carbocycles. The van der Waals surface area contributed by atoms with Crippen molar-refractivity contribution in [1.82, 2.24) is 9.97 Å². The summed E-state index contributed by atoms with van der Waals surface area (Å²) in [7, 11) is 1.65. The molecule has 0 fully saturated rings. The van der Waals surface area contributed by atoms with Crippen molar-refractivity contribution in [3.8, 4) is 17.0 Å². The van der Waals surface area contributed by atoms with Crippen molar-refractivity contribution in [1.29, 1.82) is 0 Å². The molecule has 4 nitrogen and oxygen atoms in total. The minimum atomic E-state index is -0.135. The van der Waals surface area contributed by atoms with E-state index in [0.29, 0.717) is 11.3 Å². The summed E-state index contributed by atoms with van der Waals surface area (Å²) >= 11 is 0. The van der Waals surface area contributed by atoms with Crippen LogP contribution in [0.4, 0.5) is 0 Å². The highest BCUT2D eigenvalue weighted by Gasteiger charge is 2.12. The number of nitrogens with zero attached hydrogens (tertiary/aromatic N) is 1. The van der Waals surface area contributed by atoms with Crippen molar-refractivity contribution in [2.24, 2.45) is 0 Å². The molecule has 0 amide bonds. The van der Waals surface area contributed by atoms with E-state index in [9.17, 15) is 4.79 Å². The molecule has 4 heteroatoms. The Kier molecular flexibility index (Phi) is 3.22. The highest BCUT2D eigenvalue weighted by molar-refractivity contribution is 5.92. The molecule has 0 spiro atoms. The van der Waals surface area contributed by atoms with Crippen molar-refractivity contribution in [3.05, 3.63) is 58.0 Å². The Labute approximate surface area is 122 Å². The zero-order chi connectivity index (χ0) is 15.0. The Bertz CT molecular complexity index is 882. The molecular formula is C17H16N2O2. The van der Waals surface area contributed by atoms with Crippen LogP contribution in [-0.2, 0) is 0 Å². The van der Waals surface area contributed by atoms with Crippen LogP contribution in [0.5, 0.6) is 5.75 Å². The maximum Gasteiger partial charge on any atom is 0.257 e. The molecule has 1 aromatic carbocycles. The quantitative estimate of drug-likeness (QED) is 0.784. The first-order chi connectivity index (χ1) is 10.1. The van der Waals surface area contributed by atoms with E-state index in [0.717, 1.165) is 27.8 Å². The summed E-state index contributed by atoms with van der Waals surface area (Å²) in [5, 5.41) is 0.994. The number of methoxy groups -OCH3 is 1. The van der Waals surface area contributed by atoms with Gasteiger partial charge in [-0.2, -0.15) is 0 Å². The highest BCUT2D eigenvalue weighted by atomic mass is 16.5. The lowest BCUT2D eigenvalue weighted by Gasteiger charge is -2.12. The average molecular weight is 280 g/mol. The Balaban J connectivity index is 2.37. The van der Waals surface area contributed by atoms with E-state index in [1.807, 2.05) is 32.0 Å². The third-order valence-corrected chi connectivity index (χ3v) is 3.64. The summed E-state index contributed by atoms with van der Waals surface area (Å²) in [5.41, 5.74) is 4.08. The highest BCUT2D eigenvalue weighted by Crippen LogP contribution is 2.31. The normalized spacial score (nSPS) is 10.8. The van der Waals surface area contributed by atoms with Crippen molar-refractivity contribution >= 4 is 10.9 Å². The van der Waals surface area contributed by atoms with Gasteiger partial charge in [0.2, 0.25) is 0 Å². The number of fused-ring (bicyclic) bond motifs is 1. The van der Waals surface area contributed by atoms with Crippen LogP contribution >= 0.6 is 0 Å². The van der Waals surface area contributed by atoms with Crippen LogP contribution in [0.2, 0.25) is 0 Å². The number of hydrogen-bond donors (Lipinski definition) is 1. The number of rotatable bonds is 2. The second kappa shape index (κ2) is 5.05. The predicted octanol–water partition coefficient (Wildman–Crippen LogP) is 3.22. The Morgan fingerprint density at radius 3 is 2.67 bits per heavy atom. The van der Waals surface area contributed by atoms with Gasteiger partial charge in [-0.25, -0.2) is 4.98 Å². The molecule has 0 radical (unpaired) electrons. The Hall–Kier alpha value is -2.62. The number of H-pyrrole nitrogens is 1. The molecule has 2 heterocycles. The Morgan fingerprint density at radius 2 is 1.95 bits per heavy atom. The standard InChI is InChI=1S/C17H16N2O2/c1-10-6-7-14(21-3)15-11(2)9-13(19-16(10)15)12-5-4-8-18-17(12)20/h4-9H,1-3H3,(H,18,20). The summed E-state index contributed by atoms with van der Waals surface area (Å²) < 4.78 is 5.42. The zero-order valence-electron chi connectivity index (χ0n) is 12.2. The molecule has 0 bridgehead atoms. The van der Waals surface area contributed by atoms with Gasteiger partial charge in [0.1, 0.15) is 5.75 Å². The molecule has 0 unspecified atom stereocenters. The molecule has 21 heavy (non-hydrogen) atoms. The number of aryl methyl sites for hydroxylation is 2. The summed E-state index contributed by atoms with van der Waals surface area (Å²) in [6, 6.07) is 9.43. The van der Waals surface area contributed by atoms with Crippen molar-refractivity contribution in [2.75, 3.05) is 7.11 Å². The SMILES string of the molecule is COc1ccc(C)c2nc(-c3ccc[nH]c3=O)cc(C)c12. The van der Waals surface area contributed by atoms with E-state index < -0.39 is 0 Å². The van der Waals surface area contributed by atoms with E-state index in [2.05, 4.69) is 9.97 Å². The Morgan fingerprint density at radius 1 is 1.14 bits per heavy atom. The van der Waals surface area contributed by atoms with E-state index in [-0.39, 0.29) is 5.56 Å². The van der Waals surface area contributed by atoms with Crippen LogP contribution in [-0.4, -0.2) is 17.1 Å². The summed E-state index contributed by atoms with van der Waals surface area (Å²) in [4.78, 5) is 19.3. The number of benzene rings is 1. The number of aromatic nitrogens is 2. The first-order valence-corrected chi connectivity index (χ1v) is 6.75. The number of hydrogen-bond acceptors (Lipinski definition) is 3. The van der Waals surface area contributed by atoms with Gasteiger partial charge < -0.3 is 9.72 Å². The molecule has 0 saturated heterocycles. The smallest absolute Gasteiger partial charge is 0.257 e. The van der Waals surface area contributed by atoms with Gasteiger partial charge in [-0.15, -0.1) is 0 Å². The molecular weight excluding hydrogens is 264 g/mol. The van der Waals surface area contributed by atoms with Crippen LogP contribution in [0.3, 0.4) is 0 Å². The lowest BCUT2D eigenvalue weighted by atomic mass is 10.0. The van der Waals surface area contributed by atoms with Crippen LogP contribution < -0.4 is 10.3 Å². The molecule has 0 aliphatic rings. The molecule has 3 aromatic rings. The molecule has 3 rings (SSSR count). The molecule has 0 aliphatic heterocycles. The number of nitrogens with one attached hydrogen (secondary N) is 1. The predicted molar refractivity (Wildman–Crippen MR) is 83.8 cm³/mol. The van der Waals surface area contributed by atoms with Crippen molar-refractivity contribution in [3.63, 3.8) is 0 Å². The first-order valence-electron chi connectivity index (χ1n) is 6.75. The molecule has 1 N–H and O–H groups in total. The fourth-order valence-electron chi connectivity index (χ4n) is 2.56. The van der Waals surface area contributed by atoms with Gasteiger partial charge >= 0.3 is 0 Å². The third kappa shape index (κ3) is 2.18. The average Bonchev–Trinajstić information content (AvgIpc) is 2.48. The van der Waals surface area contributed by atoms with E-state index in [1.165, 1.54) is 0 Å². The monoisotopic (exact) mass is 280 g/mol.